The maximum absolute atomic E-state index is 13.7. The van der Waals surface area contributed by atoms with Gasteiger partial charge in [-0.25, -0.2) is 8.78 Å². The number of hydrogen-bond donors (Lipinski definition) is 1. The summed E-state index contributed by atoms with van der Waals surface area (Å²) in [5, 5.41) is 10.2. The smallest absolute Gasteiger partial charge is 0.166 e. The Balaban J connectivity index is 1.56. The van der Waals surface area contributed by atoms with E-state index in [1.54, 1.807) is 0 Å². The van der Waals surface area contributed by atoms with E-state index in [0.717, 1.165) is 23.8 Å². The van der Waals surface area contributed by atoms with Gasteiger partial charge in [-0.3, -0.25) is 4.79 Å². The lowest BCUT2D eigenvalue weighted by atomic mass is 9.88. The largest absolute Gasteiger partial charge is 0.387 e. The molecule has 3 rings (SSSR count). The van der Waals surface area contributed by atoms with Crippen LogP contribution in [-0.2, 0) is 0 Å². The zero-order valence-electron chi connectivity index (χ0n) is 13.9. The molecule has 0 spiro atoms. The predicted molar refractivity (Wildman–Crippen MR) is 91.3 cm³/mol. The van der Waals surface area contributed by atoms with Crippen LogP contribution in [-0.4, -0.2) is 35.4 Å². The maximum atomic E-state index is 13.7. The SMILES string of the molecule is O=C(c1ccccc1)C1CCN(CC(O)c2cc(F)ccc2F)CC1. The summed E-state index contributed by atoms with van der Waals surface area (Å²) in [4.78, 5) is 14.5. The van der Waals surface area contributed by atoms with Crippen LogP contribution in [0.5, 0.6) is 0 Å². The molecule has 5 heteroatoms. The number of halogens is 2. The van der Waals surface area contributed by atoms with Gasteiger partial charge in [-0.1, -0.05) is 30.3 Å². The van der Waals surface area contributed by atoms with Crippen molar-refractivity contribution in [2.45, 2.75) is 18.9 Å². The molecule has 0 bridgehead atoms. The van der Waals surface area contributed by atoms with E-state index in [1.165, 1.54) is 0 Å². The molecule has 1 unspecified atom stereocenters. The Bertz CT molecular complexity index is 728. The number of hydrogen-bond acceptors (Lipinski definition) is 3. The number of rotatable bonds is 5. The number of likely N-dealkylation sites (tertiary alicyclic amines) is 1. The van der Waals surface area contributed by atoms with E-state index in [9.17, 15) is 18.7 Å². The van der Waals surface area contributed by atoms with Crippen molar-refractivity contribution in [2.24, 2.45) is 5.92 Å². The van der Waals surface area contributed by atoms with Gasteiger partial charge in [-0.05, 0) is 44.1 Å². The van der Waals surface area contributed by atoms with Crippen LogP contribution in [0.1, 0.15) is 34.9 Å². The third-order valence-electron chi connectivity index (χ3n) is 4.76. The average Bonchev–Trinajstić information content (AvgIpc) is 2.64. The number of Topliss-reactive ketones (excluding diaryl/α,β-unsaturated/α-hetero) is 1. The first-order chi connectivity index (χ1) is 12.0. The Labute approximate surface area is 145 Å². The van der Waals surface area contributed by atoms with Crippen molar-refractivity contribution in [3.05, 3.63) is 71.3 Å². The fraction of sp³-hybridized carbons (Fsp3) is 0.350. The molecule has 25 heavy (non-hydrogen) atoms. The van der Waals surface area contributed by atoms with Crippen molar-refractivity contribution < 1.29 is 18.7 Å². The predicted octanol–water partition coefficient (Wildman–Crippen LogP) is 3.59. The second-order valence-electron chi connectivity index (χ2n) is 6.49. The first kappa shape index (κ1) is 17.7. The summed E-state index contributed by atoms with van der Waals surface area (Å²) in [5.74, 6) is -1.05. The fourth-order valence-corrected chi connectivity index (χ4v) is 3.33. The summed E-state index contributed by atoms with van der Waals surface area (Å²) in [5.41, 5.74) is 0.699. The van der Waals surface area contributed by atoms with Crippen LogP contribution in [0.3, 0.4) is 0 Å². The summed E-state index contributed by atoms with van der Waals surface area (Å²) in [6.45, 7) is 1.53. The molecule has 2 aromatic carbocycles. The minimum absolute atomic E-state index is 0.0255. The van der Waals surface area contributed by atoms with Crippen molar-refractivity contribution in [3.8, 4) is 0 Å². The van der Waals surface area contributed by atoms with Gasteiger partial charge in [-0.15, -0.1) is 0 Å². The number of β-amino-alcohol motifs (C(OH)–C–C–N with tert-alkyl or cyclic N) is 1. The molecule has 1 fully saturated rings. The van der Waals surface area contributed by atoms with Gasteiger partial charge in [0.25, 0.3) is 0 Å². The second kappa shape index (κ2) is 7.85. The fourth-order valence-electron chi connectivity index (χ4n) is 3.33. The lowest BCUT2D eigenvalue weighted by molar-refractivity contribution is 0.0718. The number of benzene rings is 2. The first-order valence-electron chi connectivity index (χ1n) is 8.49. The number of piperidine rings is 1. The highest BCUT2D eigenvalue weighted by Crippen LogP contribution is 2.25. The third-order valence-corrected chi connectivity index (χ3v) is 4.76. The van der Waals surface area contributed by atoms with Gasteiger partial charge in [0.2, 0.25) is 0 Å². The molecule has 2 aromatic rings. The van der Waals surface area contributed by atoms with E-state index in [1.807, 2.05) is 35.2 Å². The zero-order chi connectivity index (χ0) is 17.8. The monoisotopic (exact) mass is 345 g/mol. The molecule has 1 saturated heterocycles. The van der Waals surface area contributed by atoms with E-state index < -0.39 is 17.7 Å². The second-order valence-corrected chi connectivity index (χ2v) is 6.49. The normalized spacial score (nSPS) is 17.4. The molecule has 0 radical (unpaired) electrons. The number of nitrogens with zero attached hydrogens (tertiary/aromatic N) is 1. The van der Waals surface area contributed by atoms with Crippen molar-refractivity contribution in [2.75, 3.05) is 19.6 Å². The minimum atomic E-state index is -1.09. The highest BCUT2D eigenvalue weighted by atomic mass is 19.1. The van der Waals surface area contributed by atoms with Crippen LogP contribution < -0.4 is 0 Å². The molecular weight excluding hydrogens is 324 g/mol. The maximum Gasteiger partial charge on any atom is 0.166 e. The molecule has 0 amide bonds. The summed E-state index contributed by atoms with van der Waals surface area (Å²) in [7, 11) is 0. The summed E-state index contributed by atoms with van der Waals surface area (Å²) in [6, 6.07) is 12.3. The topological polar surface area (TPSA) is 40.5 Å². The number of ketones is 1. The highest BCUT2D eigenvalue weighted by molar-refractivity contribution is 5.97. The molecule has 132 valence electrons. The Morgan fingerprint density at radius 1 is 1.12 bits per heavy atom. The quantitative estimate of drug-likeness (QED) is 0.842. The van der Waals surface area contributed by atoms with Crippen molar-refractivity contribution in [1.82, 2.24) is 4.90 Å². The Morgan fingerprint density at radius 3 is 2.48 bits per heavy atom. The molecule has 1 aliphatic heterocycles. The van der Waals surface area contributed by atoms with E-state index in [0.29, 0.717) is 25.9 Å². The van der Waals surface area contributed by atoms with Gasteiger partial charge >= 0.3 is 0 Å². The Morgan fingerprint density at radius 2 is 1.80 bits per heavy atom. The molecule has 0 saturated carbocycles. The van der Waals surface area contributed by atoms with Crippen LogP contribution in [0.25, 0.3) is 0 Å². The Hall–Kier alpha value is -2.11. The summed E-state index contributed by atoms with van der Waals surface area (Å²) in [6.07, 6.45) is 0.315. The van der Waals surface area contributed by atoms with Gasteiger partial charge in [0, 0.05) is 23.6 Å². The van der Waals surface area contributed by atoms with Gasteiger partial charge in [-0.2, -0.15) is 0 Å². The molecule has 1 N–H and O–H groups in total. The van der Waals surface area contributed by atoms with Crippen LogP contribution in [0.15, 0.2) is 48.5 Å². The van der Waals surface area contributed by atoms with Crippen LogP contribution in [0.4, 0.5) is 8.78 Å². The van der Waals surface area contributed by atoms with Gasteiger partial charge in [0.05, 0.1) is 6.10 Å². The molecule has 1 heterocycles. The molecule has 0 aliphatic carbocycles. The van der Waals surface area contributed by atoms with Gasteiger partial charge < -0.3 is 10.0 Å². The highest BCUT2D eigenvalue weighted by Gasteiger charge is 2.27. The standard InChI is InChI=1S/C20H21F2NO2/c21-16-6-7-18(22)17(12-16)19(24)13-23-10-8-15(9-11-23)20(25)14-4-2-1-3-5-14/h1-7,12,15,19,24H,8-11,13H2. The molecule has 0 aromatic heterocycles. The van der Waals surface area contributed by atoms with Crippen molar-refractivity contribution >= 4 is 5.78 Å². The van der Waals surface area contributed by atoms with Crippen LogP contribution in [0, 0.1) is 17.6 Å². The third kappa shape index (κ3) is 4.30. The number of carbonyl (C=O) groups is 1. The van der Waals surface area contributed by atoms with Crippen LogP contribution >= 0.6 is 0 Å². The zero-order valence-corrected chi connectivity index (χ0v) is 13.9. The lowest BCUT2D eigenvalue weighted by Gasteiger charge is -2.32. The van der Waals surface area contributed by atoms with E-state index in [-0.39, 0.29) is 23.8 Å². The van der Waals surface area contributed by atoms with Crippen LogP contribution in [0.2, 0.25) is 0 Å². The molecular formula is C20H21F2NO2. The number of aliphatic hydroxyl groups excluding tert-OH is 1. The summed E-state index contributed by atoms with van der Waals surface area (Å²) < 4.78 is 27.0. The minimum Gasteiger partial charge on any atom is -0.387 e. The lowest BCUT2D eigenvalue weighted by Crippen LogP contribution is -2.38. The average molecular weight is 345 g/mol. The van der Waals surface area contributed by atoms with Gasteiger partial charge in [0.1, 0.15) is 11.6 Å². The molecule has 1 aliphatic rings. The molecule has 3 nitrogen and oxygen atoms in total. The first-order valence-corrected chi connectivity index (χ1v) is 8.49. The number of carbonyl (C=O) groups excluding carboxylic acids is 1. The molecule has 1 atom stereocenters. The Kier molecular flexibility index (Phi) is 5.56. The van der Waals surface area contributed by atoms with Crippen molar-refractivity contribution in [3.63, 3.8) is 0 Å². The van der Waals surface area contributed by atoms with Crippen molar-refractivity contribution in [1.29, 1.82) is 0 Å². The number of aliphatic hydroxyl groups is 1. The van der Waals surface area contributed by atoms with E-state index in [4.69, 9.17) is 0 Å². The van der Waals surface area contributed by atoms with Gasteiger partial charge in [0.15, 0.2) is 5.78 Å². The van der Waals surface area contributed by atoms with E-state index in [2.05, 4.69) is 0 Å². The summed E-state index contributed by atoms with van der Waals surface area (Å²) >= 11 is 0. The van der Waals surface area contributed by atoms with E-state index >= 15 is 0 Å².